The lowest BCUT2D eigenvalue weighted by molar-refractivity contribution is -0.133. The summed E-state index contributed by atoms with van der Waals surface area (Å²) in [6, 6.07) is 0.0688. The number of hydrogen-bond acceptors (Lipinski definition) is 4. The van der Waals surface area contributed by atoms with Crippen LogP contribution >= 0.6 is 12.4 Å². The second-order valence-electron chi connectivity index (χ2n) is 5.52. The molecule has 2 aliphatic rings. The van der Waals surface area contributed by atoms with Gasteiger partial charge in [-0.15, -0.1) is 12.4 Å². The van der Waals surface area contributed by atoms with Gasteiger partial charge in [-0.2, -0.15) is 0 Å². The monoisotopic (exact) mass is 305 g/mol. The Kier molecular flexibility index (Phi) is 8.45. The smallest absolute Gasteiger partial charge is 0.239 e. The van der Waals surface area contributed by atoms with Crippen molar-refractivity contribution in [1.29, 1.82) is 0 Å². The highest BCUT2D eigenvalue weighted by atomic mass is 35.5. The predicted molar refractivity (Wildman–Crippen MR) is 82.4 cm³/mol. The minimum Gasteiger partial charge on any atom is -0.383 e. The molecule has 118 valence electrons. The van der Waals surface area contributed by atoms with E-state index in [1.165, 1.54) is 12.8 Å². The summed E-state index contributed by atoms with van der Waals surface area (Å²) in [6.45, 7) is 6.55. The summed E-state index contributed by atoms with van der Waals surface area (Å²) in [5.41, 5.74) is 0. The van der Waals surface area contributed by atoms with Gasteiger partial charge in [-0.3, -0.25) is 9.69 Å². The Morgan fingerprint density at radius 1 is 1.20 bits per heavy atom. The lowest BCUT2D eigenvalue weighted by atomic mass is 10.0. The number of hydrogen-bond donors (Lipinski definition) is 1. The van der Waals surface area contributed by atoms with Gasteiger partial charge in [-0.1, -0.05) is 6.42 Å². The molecule has 0 saturated carbocycles. The van der Waals surface area contributed by atoms with Crippen LogP contribution in [0.25, 0.3) is 0 Å². The first-order chi connectivity index (χ1) is 9.31. The lowest BCUT2D eigenvalue weighted by Gasteiger charge is -2.29. The maximum Gasteiger partial charge on any atom is 0.239 e. The molecule has 6 heteroatoms. The van der Waals surface area contributed by atoms with Crippen LogP contribution < -0.4 is 5.32 Å². The van der Waals surface area contributed by atoms with Gasteiger partial charge in [-0.25, -0.2) is 0 Å². The summed E-state index contributed by atoms with van der Waals surface area (Å²) in [7, 11) is 1.74. The molecule has 1 atom stereocenters. The standard InChI is InChI=1S/C14H27N3O2.ClH/c1-19-12-11-16-7-4-8-17(10-9-16)14(18)13-5-2-3-6-15-13;/h13,15H,2-12H2,1H3;1H/t13-;/m1./s1. The number of amides is 1. The number of piperidine rings is 1. The van der Waals surface area contributed by atoms with Crippen LogP contribution in [0, 0.1) is 0 Å². The van der Waals surface area contributed by atoms with Gasteiger partial charge in [0.1, 0.15) is 0 Å². The summed E-state index contributed by atoms with van der Waals surface area (Å²) >= 11 is 0. The van der Waals surface area contributed by atoms with E-state index in [0.29, 0.717) is 5.91 Å². The Bertz CT molecular complexity index is 286. The van der Waals surface area contributed by atoms with E-state index in [-0.39, 0.29) is 18.4 Å². The van der Waals surface area contributed by atoms with Crippen LogP contribution in [0.3, 0.4) is 0 Å². The van der Waals surface area contributed by atoms with E-state index in [4.69, 9.17) is 4.74 Å². The predicted octanol–water partition coefficient (Wildman–Crippen LogP) is 0.731. The number of carbonyl (C=O) groups excluding carboxylic acids is 1. The van der Waals surface area contributed by atoms with Crippen molar-refractivity contribution in [2.24, 2.45) is 0 Å². The van der Waals surface area contributed by atoms with Gasteiger partial charge in [0.05, 0.1) is 12.6 Å². The fraction of sp³-hybridized carbons (Fsp3) is 0.929. The zero-order valence-corrected chi connectivity index (χ0v) is 13.3. The minimum atomic E-state index is 0. The number of carbonyl (C=O) groups is 1. The SMILES string of the molecule is COCCN1CCCN(C(=O)[C@H]2CCCCN2)CC1.Cl. The highest BCUT2D eigenvalue weighted by molar-refractivity contribution is 5.85. The fourth-order valence-corrected chi connectivity index (χ4v) is 2.92. The summed E-state index contributed by atoms with van der Waals surface area (Å²) in [5, 5.41) is 3.36. The molecule has 2 rings (SSSR count). The molecule has 0 aromatic rings. The highest BCUT2D eigenvalue weighted by Crippen LogP contribution is 2.12. The van der Waals surface area contributed by atoms with Gasteiger partial charge in [0, 0.05) is 33.3 Å². The van der Waals surface area contributed by atoms with E-state index in [9.17, 15) is 4.79 Å². The van der Waals surface area contributed by atoms with Gasteiger partial charge in [0.25, 0.3) is 0 Å². The Hall–Kier alpha value is -0.360. The number of nitrogens with zero attached hydrogens (tertiary/aromatic N) is 2. The Morgan fingerprint density at radius 2 is 2.05 bits per heavy atom. The van der Waals surface area contributed by atoms with E-state index >= 15 is 0 Å². The van der Waals surface area contributed by atoms with Crippen LogP contribution in [0.5, 0.6) is 0 Å². The van der Waals surface area contributed by atoms with Crippen LogP contribution in [0.2, 0.25) is 0 Å². The average Bonchev–Trinajstić information content (AvgIpc) is 2.71. The molecule has 0 aromatic carbocycles. The van der Waals surface area contributed by atoms with Gasteiger partial charge in [0.15, 0.2) is 0 Å². The van der Waals surface area contributed by atoms with E-state index in [1.807, 2.05) is 0 Å². The first kappa shape index (κ1) is 17.7. The highest BCUT2D eigenvalue weighted by Gasteiger charge is 2.26. The van der Waals surface area contributed by atoms with Gasteiger partial charge < -0.3 is 15.0 Å². The van der Waals surface area contributed by atoms with Crippen molar-refractivity contribution in [2.75, 3.05) is 53.0 Å². The van der Waals surface area contributed by atoms with Crippen molar-refractivity contribution in [2.45, 2.75) is 31.7 Å². The molecule has 2 saturated heterocycles. The third kappa shape index (κ3) is 5.20. The molecule has 20 heavy (non-hydrogen) atoms. The summed E-state index contributed by atoms with van der Waals surface area (Å²) < 4.78 is 5.12. The second-order valence-corrected chi connectivity index (χ2v) is 5.52. The molecule has 1 amide bonds. The number of methoxy groups -OCH3 is 1. The fourth-order valence-electron chi connectivity index (χ4n) is 2.92. The molecule has 0 spiro atoms. The molecular weight excluding hydrogens is 278 g/mol. The molecular formula is C14H28ClN3O2. The first-order valence-corrected chi connectivity index (χ1v) is 7.54. The van der Waals surface area contributed by atoms with Crippen molar-refractivity contribution < 1.29 is 9.53 Å². The molecule has 5 nitrogen and oxygen atoms in total. The van der Waals surface area contributed by atoms with Gasteiger partial charge in [-0.05, 0) is 32.4 Å². The van der Waals surface area contributed by atoms with Crippen molar-refractivity contribution >= 4 is 18.3 Å². The van der Waals surface area contributed by atoms with Crippen LogP contribution in [-0.2, 0) is 9.53 Å². The molecule has 0 aliphatic carbocycles. The zero-order valence-electron chi connectivity index (χ0n) is 12.5. The third-order valence-corrected chi connectivity index (χ3v) is 4.12. The number of rotatable bonds is 4. The average molecular weight is 306 g/mol. The first-order valence-electron chi connectivity index (χ1n) is 7.54. The zero-order chi connectivity index (χ0) is 13.5. The normalized spacial score (nSPS) is 24.9. The number of ether oxygens (including phenoxy) is 1. The largest absolute Gasteiger partial charge is 0.383 e. The topological polar surface area (TPSA) is 44.8 Å². The minimum absolute atomic E-state index is 0. The van der Waals surface area contributed by atoms with Crippen molar-refractivity contribution in [3.8, 4) is 0 Å². The molecule has 1 N–H and O–H groups in total. The molecule has 0 bridgehead atoms. The van der Waals surface area contributed by atoms with E-state index in [2.05, 4.69) is 15.1 Å². The number of halogens is 1. The van der Waals surface area contributed by atoms with Crippen molar-refractivity contribution in [3.05, 3.63) is 0 Å². The Balaban J connectivity index is 0.00000200. The number of nitrogens with one attached hydrogen (secondary N) is 1. The quantitative estimate of drug-likeness (QED) is 0.832. The van der Waals surface area contributed by atoms with E-state index in [0.717, 1.165) is 58.7 Å². The van der Waals surface area contributed by atoms with Crippen LogP contribution in [-0.4, -0.2) is 74.7 Å². The molecule has 0 unspecified atom stereocenters. The summed E-state index contributed by atoms with van der Waals surface area (Å²) in [4.78, 5) is 16.9. The lowest BCUT2D eigenvalue weighted by Crippen LogP contribution is -2.49. The van der Waals surface area contributed by atoms with Crippen molar-refractivity contribution in [1.82, 2.24) is 15.1 Å². The molecule has 0 radical (unpaired) electrons. The second kappa shape index (κ2) is 9.55. The Morgan fingerprint density at radius 3 is 2.75 bits per heavy atom. The van der Waals surface area contributed by atoms with Gasteiger partial charge >= 0.3 is 0 Å². The molecule has 0 aromatic heterocycles. The van der Waals surface area contributed by atoms with Crippen LogP contribution in [0.15, 0.2) is 0 Å². The summed E-state index contributed by atoms with van der Waals surface area (Å²) in [6.07, 6.45) is 4.46. The van der Waals surface area contributed by atoms with Crippen LogP contribution in [0.1, 0.15) is 25.7 Å². The van der Waals surface area contributed by atoms with E-state index in [1.54, 1.807) is 7.11 Å². The third-order valence-electron chi connectivity index (χ3n) is 4.12. The molecule has 2 fully saturated rings. The van der Waals surface area contributed by atoms with Crippen LogP contribution in [0.4, 0.5) is 0 Å². The van der Waals surface area contributed by atoms with Crippen molar-refractivity contribution in [3.63, 3.8) is 0 Å². The van der Waals surface area contributed by atoms with E-state index < -0.39 is 0 Å². The molecule has 2 aliphatic heterocycles. The summed E-state index contributed by atoms with van der Waals surface area (Å²) in [5.74, 6) is 0.313. The Labute approximate surface area is 128 Å². The van der Waals surface area contributed by atoms with Gasteiger partial charge in [0.2, 0.25) is 5.91 Å². The maximum atomic E-state index is 12.4. The molecule has 2 heterocycles. The maximum absolute atomic E-state index is 12.4.